The van der Waals surface area contributed by atoms with Gasteiger partial charge in [-0.05, 0) is 28.0 Å². The molecule has 1 aromatic rings. The maximum Gasteiger partial charge on any atom is 0.0477 e. The summed E-state index contributed by atoms with van der Waals surface area (Å²) in [7, 11) is 0. The molecule has 1 aliphatic heterocycles. The number of rotatable bonds is 3. The van der Waals surface area contributed by atoms with E-state index in [0.717, 1.165) is 13.1 Å². The molecule has 0 spiro atoms. The smallest absolute Gasteiger partial charge is 0.0477 e. The molecule has 0 radical (unpaired) electrons. The van der Waals surface area contributed by atoms with Gasteiger partial charge in [0.25, 0.3) is 0 Å². The van der Waals surface area contributed by atoms with Crippen LogP contribution in [0, 0.1) is 5.92 Å². The van der Waals surface area contributed by atoms with Gasteiger partial charge in [0.05, 0.1) is 0 Å². The highest BCUT2D eigenvalue weighted by molar-refractivity contribution is 5.40. The van der Waals surface area contributed by atoms with E-state index in [4.69, 9.17) is 5.73 Å². The fraction of sp³-hybridized carbons (Fsp3) is 0.647. The van der Waals surface area contributed by atoms with Crippen LogP contribution in [-0.4, -0.2) is 18.0 Å². The zero-order valence-corrected chi connectivity index (χ0v) is 13.0. The number of fused-ring (bicyclic) bond motifs is 1. The zero-order valence-electron chi connectivity index (χ0n) is 13.0. The largest absolute Gasteiger partial charge is 0.329 e. The molecule has 106 valence electrons. The van der Waals surface area contributed by atoms with E-state index in [1.807, 2.05) is 0 Å². The van der Waals surface area contributed by atoms with E-state index < -0.39 is 0 Å². The van der Waals surface area contributed by atoms with Crippen LogP contribution in [0.25, 0.3) is 0 Å². The molecule has 0 aromatic heterocycles. The lowest BCUT2D eigenvalue weighted by Gasteiger charge is -2.26. The van der Waals surface area contributed by atoms with Crippen molar-refractivity contribution in [2.45, 2.75) is 52.6 Å². The normalized spacial score (nSPS) is 20.1. The second kappa shape index (κ2) is 5.26. The summed E-state index contributed by atoms with van der Waals surface area (Å²) in [4.78, 5) is 2.53. The van der Waals surface area contributed by atoms with Gasteiger partial charge in [-0.3, -0.25) is 4.90 Å². The minimum Gasteiger partial charge on any atom is -0.329 e. The summed E-state index contributed by atoms with van der Waals surface area (Å²) in [5.41, 5.74) is 10.6. The van der Waals surface area contributed by atoms with Crippen molar-refractivity contribution < 1.29 is 0 Å². The van der Waals surface area contributed by atoms with Gasteiger partial charge >= 0.3 is 0 Å². The molecule has 1 unspecified atom stereocenters. The summed E-state index contributed by atoms with van der Waals surface area (Å²) in [6.07, 6.45) is 0. The van der Waals surface area contributed by atoms with E-state index >= 15 is 0 Å². The Hall–Kier alpha value is -0.860. The molecule has 0 amide bonds. The van der Waals surface area contributed by atoms with E-state index in [0.29, 0.717) is 18.5 Å². The van der Waals surface area contributed by atoms with Gasteiger partial charge < -0.3 is 5.73 Å². The molecule has 1 heterocycles. The van der Waals surface area contributed by atoms with Crippen LogP contribution in [0.5, 0.6) is 0 Å². The van der Waals surface area contributed by atoms with Crippen molar-refractivity contribution in [2.24, 2.45) is 11.7 Å². The summed E-state index contributed by atoms with van der Waals surface area (Å²) in [5.74, 6) is 0.686. The van der Waals surface area contributed by atoms with Gasteiger partial charge in [-0.2, -0.15) is 0 Å². The quantitative estimate of drug-likeness (QED) is 0.902. The molecule has 0 saturated heterocycles. The average Bonchev–Trinajstić information content (AvgIpc) is 2.62. The Morgan fingerprint density at radius 1 is 1.32 bits per heavy atom. The van der Waals surface area contributed by atoms with Gasteiger partial charge in [0.15, 0.2) is 0 Å². The van der Waals surface area contributed by atoms with Crippen LogP contribution in [0.4, 0.5) is 0 Å². The van der Waals surface area contributed by atoms with Crippen molar-refractivity contribution in [3.8, 4) is 0 Å². The van der Waals surface area contributed by atoms with Gasteiger partial charge in [0.1, 0.15) is 0 Å². The molecule has 2 heteroatoms. The zero-order chi connectivity index (χ0) is 14.2. The molecule has 0 bridgehead atoms. The highest BCUT2D eigenvalue weighted by Crippen LogP contribution is 2.36. The summed E-state index contributed by atoms with van der Waals surface area (Å²) < 4.78 is 0. The SMILES string of the molecule is CC(C)CN1Cc2ccc(C(C)(C)C)cc2C1CN. The van der Waals surface area contributed by atoms with Gasteiger partial charge in [0.2, 0.25) is 0 Å². The molecule has 2 N–H and O–H groups in total. The molecule has 0 aliphatic carbocycles. The lowest BCUT2D eigenvalue weighted by molar-refractivity contribution is 0.195. The van der Waals surface area contributed by atoms with Crippen LogP contribution >= 0.6 is 0 Å². The van der Waals surface area contributed by atoms with Crippen molar-refractivity contribution >= 4 is 0 Å². The first-order valence-corrected chi connectivity index (χ1v) is 7.40. The number of hydrogen-bond donors (Lipinski definition) is 1. The molecule has 2 nitrogen and oxygen atoms in total. The molecule has 1 atom stereocenters. The summed E-state index contributed by atoms with van der Waals surface area (Å²) in [5, 5.41) is 0. The monoisotopic (exact) mass is 260 g/mol. The maximum atomic E-state index is 6.03. The number of nitrogens with zero attached hydrogens (tertiary/aromatic N) is 1. The minimum absolute atomic E-state index is 0.208. The molecule has 1 aromatic carbocycles. The average molecular weight is 260 g/mol. The summed E-state index contributed by atoms with van der Waals surface area (Å²) in [6, 6.07) is 7.37. The number of benzene rings is 1. The van der Waals surface area contributed by atoms with Crippen LogP contribution in [0.3, 0.4) is 0 Å². The van der Waals surface area contributed by atoms with Crippen LogP contribution in [0.2, 0.25) is 0 Å². The fourth-order valence-corrected chi connectivity index (χ4v) is 2.98. The molecule has 0 fully saturated rings. The predicted molar refractivity (Wildman–Crippen MR) is 82.2 cm³/mol. The van der Waals surface area contributed by atoms with E-state index in [2.05, 4.69) is 57.7 Å². The van der Waals surface area contributed by atoms with Crippen LogP contribution in [0.1, 0.15) is 57.4 Å². The van der Waals surface area contributed by atoms with Crippen molar-refractivity contribution in [2.75, 3.05) is 13.1 Å². The number of hydrogen-bond acceptors (Lipinski definition) is 2. The van der Waals surface area contributed by atoms with Gasteiger partial charge in [-0.25, -0.2) is 0 Å². The standard InChI is InChI=1S/C17H28N2/c1-12(2)10-19-11-13-6-7-14(17(3,4)5)8-15(13)16(19)9-18/h6-8,12,16H,9-11,18H2,1-5H3. The van der Waals surface area contributed by atoms with E-state index in [-0.39, 0.29) is 5.41 Å². The Morgan fingerprint density at radius 2 is 2.00 bits per heavy atom. The van der Waals surface area contributed by atoms with Gasteiger partial charge in [-0.1, -0.05) is 52.8 Å². The Balaban J connectivity index is 2.32. The lowest BCUT2D eigenvalue weighted by Crippen LogP contribution is -2.31. The van der Waals surface area contributed by atoms with E-state index in [1.54, 1.807) is 0 Å². The molecule has 2 rings (SSSR count). The van der Waals surface area contributed by atoms with Gasteiger partial charge in [-0.15, -0.1) is 0 Å². The first-order chi connectivity index (χ1) is 8.82. The second-order valence-corrected chi connectivity index (χ2v) is 7.24. The first kappa shape index (κ1) is 14.5. The summed E-state index contributed by atoms with van der Waals surface area (Å²) >= 11 is 0. The molecule has 19 heavy (non-hydrogen) atoms. The second-order valence-electron chi connectivity index (χ2n) is 7.24. The Labute approximate surface area is 118 Å². The van der Waals surface area contributed by atoms with E-state index in [9.17, 15) is 0 Å². The Kier molecular flexibility index (Phi) is 4.03. The van der Waals surface area contributed by atoms with Crippen molar-refractivity contribution in [3.63, 3.8) is 0 Å². The summed E-state index contributed by atoms with van der Waals surface area (Å²) in [6.45, 7) is 14.3. The lowest BCUT2D eigenvalue weighted by atomic mass is 9.85. The number of nitrogens with two attached hydrogens (primary N) is 1. The van der Waals surface area contributed by atoms with Crippen molar-refractivity contribution in [1.82, 2.24) is 4.90 Å². The molecular weight excluding hydrogens is 232 g/mol. The maximum absolute atomic E-state index is 6.03. The molecule has 1 aliphatic rings. The van der Waals surface area contributed by atoms with Crippen molar-refractivity contribution in [3.05, 3.63) is 34.9 Å². The third-order valence-corrected chi connectivity index (χ3v) is 4.01. The van der Waals surface area contributed by atoms with Crippen LogP contribution < -0.4 is 5.73 Å². The molecular formula is C17H28N2. The van der Waals surface area contributed by atoms with Crippen LogP contribution in [0.15, 0.2) is 18.2 Å². The third-order valence-electron chi connectivity index (χ3n) is 4.01. The topological polar surface area (TPSA) is 29.3 Å². The minimum atomic E-state index is 0.208. The Bertz CT molecular complexity index is 443. The fourth-order valence-electron chi connectivity index (χ4n) is 2.98. The van der Waals surface area contributed by atoms with Crippen molar-refractivity contribution in [1.29, 1.82) is 0 Å². The highest BCUT2D eigenvalue weighted by atomic mass is 15.2. The Morgan fingerprint density at radius 3 is 2.53 bits per heavy atom. The highest BCUT2D eigenvalue weighted by Gasteiger charge is 2.30. The third kappa shape index (κ3) is 3.01. The predicted octanol–water partition coefficient (Wildman–Crippen LogP) is 3.46. The molecule has 0 saturated carbocycles. The van der Waals surface area contributed by atoms with Gasteiger partial charge in [0, 0.05) is 25.7 Å². The van der Waals surface area contributed by atoms with Crippen LogP contribution in [-0.2, 0) is 12.0 Å². The first-order valence-electron chi connectivity index (χ1n) is 7.40. The van der Waals surface area contributed by atoms with E-state index in [1.165, 1.54) is 16.7 Å².